The highest BCUT2D eigenvalue weighted by Crippen LogP contribution is 2.23. The predicted octanol–water partition coefficient (Wildman–Crippen LogP) is 11.7. The molecule has 9 heteroatoms. The van der Waals surface area contributed by atoms with Crippen molar-refractivity contribution in [3.05, 3.63) is 12.2 Å². The largest absolute Gasteiger partial charge is 0.394 e. The summed E-state index contributed by atoms with van der Waals surface area (Å²) in [6, 6.07) is -0.799. The Kier molecular flexibility index (Phi) is 39.8. The minimum absolute atomic E-state index is 0.172. The Morgan fingerprint density at radius 3 is 1.30 bits per heavy atom. The molecular formula is C51H99NO8. The van der Waals surface area contributed by atoms with E-state index < -0.39 is 49.5 Å². The van der Waals surface area contributed by atoms with Gasteiger partial charge in [-0.25, -0.2) is 0 Å². The molecule has 0 aromatic carbocycles. The topological polar surface area (TPSA) is 149 Å². The molecule has 7 atom stereocenters. The summed E-state index contributed by atoms with van der Waals surface area (Å²) in [6.45, 7) is 3.81. The van der Waals surface area contributed by atoms with E-state index in [2.05, 4.69) is 19.2 Å². The number of rotatable bonds is 44. The molecule has 1 rings (SSSR count). The lowest BCUT2D eigenvalue weighted by atomic mass is 9.99. The van der Waals surface area contributed by atoms with Gasteiger partial charge in [0.15, 0.2) is 6.29 Å². The van der Waals surface area contributed by atoms with Crippen molar-refractivity contribution in [2.75, 3.05) is 13.2 Å². The highest BCUT2D eigenvalue weighted by Gasteiger charge is 2.44. The molecule has 1 saturated heterocycles. The Labute approximate surface area is 369 Å². The molecule has 0 saturated carbocycles. The molecule has 1 heterocycles. The molecule has 0 aromatic heterocycles. The lowest BCUT2D eigenvalue weighted by Crippen LogP contribution is -2.60. The molecule has 1 aliphatic heterocycles. The van der Waals surface area contributed by atoms with Crippen molar-refractivity contribution in [3.63, 3.8) is 0 Å². The number of ether oxygens (including phenoxy) is 2. The molecule has 0 bridgehead atoms. The zero-order valence-electron chi connectivity index (χ0n) is 39.2. The van der Waals surface area contributed by atoms with Crippen molar-refractivity contribution in [1.29, 1.82) is 0 Å². The van der Waals surface area contributed by atoms with Gasteiger partial charge in [0.1, 0.15) is 24.4 Å². The van der Waals surface area contributed by atoms with E-state index in [0.717, 1.165) is 38.5 Å². The van der Waals surface area contributed by atoms with Crippen molar-refractivity contribution in [2.24, 2.45) is 0 Å². The van der Waals surface area contributed by atoms with Gasteiger partial charge in [0.25, 0.3) is 0 Å². The molecule has 1 fully saturated rings. The number of aliphatic hydroxyl groups excluding tert-OH is 5. The normalized spacial score (nSPS) is 20.6. The van der Waals surface area contributed by atoms with E-state index in [1.165, 1.54) is 193 Å². The monoisotopic (exact) mass is 854 g/mol. The van der Waals surface area contributed by atoms with E-state index in [1.807, 2.05) is 6.08 Å². The molecule has 0 aromatic rings. The summed E-state index contributed by atoms with van der Waals surface area (Å²) in [5.41, 5.74) is 0. The Bertz CT molecular complexity index is 950. The van der Waals surface area contributed by atoms with E-state index in [4.69, 9.17) is 9.47 Å². The van der Waals surface area contributed by atoms with Gasteiger partial charge < -0.3 is 40.3 Å². The molecule has 0 aliphatic carbocycles. The van der Waals surface area contributed by atoms with Crippen LogP contribution >= 0.6 is 0 Å². The average molecular weight is 854 g/mol. The van der Waals surface area contributed by atoms with Crippen molar-refractivity contribution < 1.29 is 39.8 Å². The van der Waals surface area contributed by atoms with E-state index in [9.17, 15) is 30.3 Å². The van der Waals surface area contributed by atoms with Crippen molar-refractivity contribution in [2.45, 2.75) is 294 Å². The molecule has 1 aliphatic rings. The molecule has 7 unspecified atom stereocenters. The van der Waals surface area contributed by atoms with Crippen LogP contribution in [0, 0.1) is 0 Å². The molecule has 6 N–H and O–H groups in total. The first kappa shape index (κ1) is 56.9. The van der Waals surface area contributed by atoms with Gasteiger partial charge in [0, 0.05) is 6.42 Å². The summed E-state index contributed by atoms with van der Waals surface area (Å²) >= 11 is 0. The van der Waals surface area contributed by atoms with E-state index in [-0.39, 0.29) is 12.5 Å². The number of amides is 1. The van der Waals surface area contributed by atoms with E-state index >= 15 is 0 Å². The number of unbranched alkanes of at least 4 members (excludes halogenated alkanes) is 34. The highest BCUT2D eigenvalue weighted by molar-refractivity contribution is 5.76. The summed E-state index contributed by atoms with van der Waals surface area (Å²) < 4.78 is 11.2. The fraction of sp³-hybridized carbons (Fsp3) is 0.941. The van der Waals surface area contributed by atoms with Crippen LogP contribution in [-0.4, -0.2) is 87.5 Å². The third-order valence-electron chi connectivity index (χ3n) is 12.6. The number of hydrogen-bond acceptors (Lipinski definition) is 8. The van der Waals surface area contributed by atoms with Gasteiger partial charge in [-0.1, -0.05) is 238 Å². The zero-order chi connectivity index (χ0) is 43.7. The molecular weight excluding hydrogens is 755 g/mol. The molecule has 1 amide bonds. The molecule has 0 spiro atoms. The van der Waals surface area contributed by atoms with E-state index in [0.29, 0.717) is 6.42 Å². The Morgan fingerprint density at radius 2 is 0.917 bits per heavy atom. The third-order valence-corrected chi connectivity index (χ3v) is 12.6. The minimum Gasteiger partial charge on any atom is -0.394 e. The van der Waals surface area contributed by atoms with Crippen molar-refractivity contribution >= 4 is 5.91 Å². The van der Waals surface area contributed by atoms with Crippen LogP contribution in [0.1, 0.15) is 251 Å². The van der Waals surface area contributed by atoms with Crippen LogP contribution in [0.3, 0.4) is 0 Å². The summed E-state index contributed by atoms with van der Waals surface area (Å²) in [4.78, 5) is 13.0. The number of aliphatic hydroxyl groups is 5. The lowest BCUT2D eigenvalue weighted by Gasteiger charge is -2.40. The first-order valence-corrected chi connectivity index (χ1v) is 25.9. The number of nitrogens with one attached hydrogen (secondary N) is 1. The van der Waals surface area contributed by atoms with Crippen LogP contribution in [-0.2, 0) is 14.3 Å². The highest BCUT2D eigenvalue weighted by atomic mass is 16.7. The van der Waals surface area contributed by atoms with Crippen molar-refractivity contribution in [3.8, 4) is 0 Å². The fourth-order valence-corrected chi connectivity index (χ4v) is 8.45. The second kappa shape index (κ2) is 41.9. The first-order valence-electron chi connectivity index (χ1n) is 25.9. The number of allylic oxidation sites excluding steroid dienone is 1. The molecule has 356 valence electrons. The maximum absolute atomic E-state index is 13.0. The van der Waals surface area contributed by atoms with Crippen LogP contribution < -0.4 is 5.32 Å². The Morgan fingerprint density at radius 1 is 0.550 bits per heavy atom. The van der Waals surface area contributed by atoms with Crippen LogP contribution in [0.15, 0.2) is 12.2 Å². The van der Waals surface area contributed by atoms with Gasteiger partial charge in [-0.2, -0.15) is 0 Å². The molecule has 9 nitrogen and oxygen atoms in total. The predicted molar refractivity (Wildman–Crippen MR) is 249 cm³/mol. The standard InChI is InChI=1S/C51H99NO8/c1-3-5-7-9-11-13-15-17-19-21-23-24-26-28-30-32-34-36-38-40-45(54)44(43-59-51-50(58)49(57)48(56)46(42-53)60-51)52-47(55)41-39-37-35-33-31-29-27-25-22-20-18-16-14-12-10-8-6-4-2/h38,40,44-46,48-51,53-54,56-58H,3-37,39,41-43H2,1-2H3,(H,52,55)/b40-38+. The van der Waals surface area contributed by atoms with Gasteiger partial charge in [0.05, 0.1) is 25.4 Å². The molecule has 60 heavy (non-hydrogen) atoms. The lowest BCUT2D eigenvalue weighted by molar-refractivity contribution is -0.302. The SMILES string of the molecule is CCCCCCCCCCCCCCCCCCC/C=C/C(O)C(COC1OC(CO)C(O)C(O)C1O)NC(=O)CCCCCCCCCCCCCCCCCCCC. The third kappa shape index (κ3) is 31.7. The maximum atomic E-state index is 13.0. The van der Waals surface area contributed by atoms with Gasteiger partial charge in [0.2, 0.25) is 5.91 Å². The summed E-state index contributed by atoms with van der Waals surface area (Å²) in [5.74, 6) is -0.172. The maximum Gasteiger partial charge on any atom is 0.220 e. The Hall–Kier alpha value is -1.07. The summed E-state index contributed by atoms with van der Waals surface area (Å²) in [5, 5.41) is 54.4. The van der Waals surface area contributed by atoms with E-state index in [1.54, 1.807) is 6.08 Å². The Balaban J connectivity index is 2.29. The number of carbonyl (C=O) groups excluding carboxylic acids is 1. The van der Waals surface area contributed by atoms with Gasteiger partial charge in [-0.15, -0.1) is 0 Å². The smallest absolute Gasteiger partial charge is 0.220 e. The van der Waals surface area contributed by atoms with Gasteiger partial charge in [-0.3, -0.25) is 4.79 Å². The molecule has 0 radical (unpaired) electrons. The van der Waals surface area contributed by atoms with Crippen LogP contribution in [0.25, 0.3) is 0 Å². The summed E-state index contributed by atoms with van der Waals surface area (Å²) in [6.07, 6.45) is 42.6. The number of carbonyl (C=O) groups is 1. The fourth-order valence-electron chi connectivity index (χ4n) is 8.45. The van der Waals surface area contributed by atoms with Crippen LogP contribution in [0.4, 0.5) is 0 Å². The average Bonchev–Trinajstić information content (AvgIpc) is 3.25. The van der Waals surface area contributed by atoms with Crippen LogP contribution in [0.2, 0.25) is 0 Å². The summed E-state index contributed by atoms with van der Waals surface area (Å²) in [7, 11) is 0. The second-order valence-corrected chi connectivity index (χ2v) is 18.3. The van der Waals surface area contributed by atoms with Crippen molar-refractivity contribution in [1.82, 2.24) is 5.32 Å². The quantitative estimate of drug-likeness (QED) is 0.0262. The zero-order valence-corrected chi connectivity index (χ0v) is 39.2. The van der Waals surface area contributed by atoms with Gasteiger partial charge in [-0.05, 0) is 19.3 Å². The second-order valence-electron chi connectivity index (χ2n) is 18.3. The van der Waals surface area contributed by atoms with Crippen LogP contribution in [0.5, 0.6) is 0 Å². The van der Waals surface area contributed by atoms with Gasteiger partial charge >= 0.3 is 0 Å². The first-order chi connectivity index (χ1) is 29.3. The number of hydrogen-bond donors (Lipinski definition) is 6. The minimum atomic E-state index is -1.56.